The fourth-order valence-electron chi connectivity index (χ4n) is 1.74. The maximum Gasteiger partial charge on any atom is 0.199 e. The lowest BCUT2D eigenvalue weighted by Crippen LogP contribution is -2.08. The summed E-state index contributed by atoms with van der Waals surface area (Å²) in [6, 6.07) is 0.629. The van der Waals surface area contributed by atoms with Crippen LogP contribution in [0.4, 0.5) is 5.82 Å². The minimum Gasteiger partial charge on any atom is -0.367 e. The molecule has 1 saturated carbocycles. The van der Waals surface area contributed by atoms with Gasteiger partial charge in [0.1, 0.15) is 5.82 Å². The average Bonchev–Trinajstić information content (AvgIpc) is 2.81. The Labute approximate surface area is 87.1 Å². The van der Waals surface area contributed by atoms with Crippen LogP contribution in [0.15, 0.2) is 0 Å². The molecule has 2 aliphatic rings. The monoisotopic (exact) mass is 208 g/mol. The standard InChI is InChI=1S/C9H12N4S/c14-9-12-7-4-10-3-6(7)8(13-9)11-5-1-2-5/h5,10H,1-4H2,(H2,11,12,13,14). The molecule has 4 nitrogen and oxygen atoms in total. The molecule has 0 saturated heterocycles. The van der Waals surface area contributed by atoms with Gasteiger partial charge in [0.15, 0.2) is 4.77 Å². The normalized spacial score (nSPS) is 19.4. The van der Waals surface area contributed by atoms with Crippen molar-refractivity contribution in [1.29, 1.82) is 0 Å². The van der Waals surface area contributed by atoms with Gasteiger partial charge in [-0.3, -0.25) is 0 Å². The van der Waals surface area contributed by atoms with Crippen LogP contribution in [0, 0.1) is 4.77 Å². The average molecular weight is 208 g/mol. The zero-order valence-electron chi connectivity index (χ0n) is 7.76. The van der Waals surface area contributed by atoms with Crippen LogP contribution in [-0.2, 0) is 13.1 Å². The number of aromatic nitrogens is 2. The predicted octanol–water partition coefficient (Wildman–Crippen LogP) is 1.32. The highest BCUT2D eigenvalue weighted by Gasteiger charge is 2.24. The first kappa shape index (κ1) is 8.38. The summed E-state index contributed by atoms with van der Waals surface area (Å²) >= 11 is 5.08. The summed E-state index contributed by atoms with van der Waals surface area (Å²) in [5.41, 5.74) is 2.44. The molecule has 0 spiro atoms. The van der Waals surface area contributed by atoms with Gasteiger partial charge in [0, 0.05) is 30.4 Å². The SMILES string of the molecule is S=c1nc(NC2CC2)c2c([nH]1)CNC2. The van der Waals surface area contributed by atoms with Gasteiger partial charge >= 0.3 is 0 Å². The van der Waals surface area contributed by atoms with Gasteiger partial charge in [0.05, 0.1) is 0 Å². The Bertz CT molecular complexity index is 421. The molecule has 0 radical (unpaired) electrons. The zero-order valence-corrected chi connectivity index (χ0v) is 8.58. The number of nitrogens with zero attached hydrogens (tertiary/aromatic N) is 1. The molecule has 5 heteroatoms. The van der Waals surface area contributed by atoms with E-state index in [0.29, 0.717) is 10.8 Å². The highest BCUT2D eigenvalue weighted by molar-refractivity contribution is 7.71. The number of H-pyrrole nitrogens is 1. The molecular weight excluding hydrogens is 196 g/mol. The lowest BCUT2D eigenvalue weighted by atomic mass is 10.2. The second kappa shape index (κ2) is 3.03. The van der Waals surface area contributed by atoms with E-state index in [1.807, 2.05) is 0 Å². The first-order valence-corrected chi connectivity index (χ1v) is 5.33. The molecule has 74 valence electrons. The minimum absolute atomic E-state index is 0.579. The van der Waals surface area contributed by atoms with Crippen molar-refractivity contribution in [3.63, 3.8) is 0 Å². The molecule has 1 aliphatic heterocycles. The molecule has 0 amide bonds. The smallest absolute Gasteiger partial charge is 0.199 e. The van der Waals surface area contributed by atoms with Crippen molar-refractivity contribution in [2.75, 3.05) is 5.32 Å². The Hall–Kier alpha value is -0.940. The molecule has 1 aromatic heterocycles. The summed E-state index contributed by atoms with van der Waals surface area (Å²) in [6.45, 7) is 1.77. The summed E-state index contributed by atoms with van der Waals surface area (Å²) in [4.78, 5) is 7.46. The summed E-state index contributed by atoms with van der Waals surface area (Å²) in [6.07, 6.45) is 2.52. The van der Waals surface area contributed by atoms with E-state index in [1.165, 1.54) is 24.1 Å². The third-order valence-electron chi connectivity index (χ3n) is 2.64. The van der Waals surface area contributed by atoms with E-state index < -0.39 is 0 Å². The molecule has 14 heavy (non-hydrogen) atoms. The van der Waals surface area contributed by atoms with Gasteiger partial charge in [-0.15, -0.1) is 0 Å². The molecule has 2 heterocycles. The van der Waals surface area contributed by atoms with Crippen molar-refractivity contribution < 1.29 is 0 Å². The Morgan fingerprint density at radius 1 is 1.36 bits per heavy atom. The van der Waals surface area contributed by atoms with E-state index >= 15 is 0 Å². The fourth-order valence-corrected chi connectivity index (χ4v) is 1.95. The van der Waals surface area contributed by atoms with Gasteiger partial charge in [0.25, 0.3) is 0 Å². The van der Waals surface area contributed by atoms with E-state index in [-0.39, 0.29) is 0 Å². The van der Waals surface area contributed by atoms with Gasteiger partial charge in [-0.25, -0.2) is 4.98 Å². The van der Waals surface area contributed by atoms with E-state index in [9.17, 15) is 0 Å². The molecule has 0 atom stereocenters. The highest BCUT2D eigenvalue weighted by Crippen LogP contribution is 2.27. The van der Waals surface area contributed by atoms with Crippen LogP contribution in [0.2, 0.25) is 0 Å². The van der Waals surface area contributed by atoms with Crippen molar-refractivity contribution in [2.24, 2.45) is 0 Å². The van der Waals surface area contributed by atoms with Crippen LogP contribution in [0.1, 0.15) is 24.1 Å². The van der Waals surface area contributed by atoms with E-state index in [0.717, 1.165) is 18.9 Å². The predicted molar refractivity (Wildman–Crippen MR) is 56.6 cm³/mol. The maximum atomic E-state index is 5.08. The van der Waals surface area contributed by atoms with Crippen molar-refractivity contribution in [2.45, 2.75) is 32.0 Å². The van der Waals surface area contributed by atoms with Crippen LogP contribution in [-0.4, -0.2) is 16.0 Å². The van der Waals surface area contributed by atoms with Crippen LogP contribution >= 0.6 is 12.2 Å². The molecule has 1 aliphatic carbocycles. The maximum absolute atomic E-state index is 5.08. The van der Waals surface area contributed by atoms with Gasteiger partial charge in [-0.2, -0.15) is 0 Å². The van der Waals surface area contributed by atoms with E-state index in [4.69, 9.17) is 12.2 Å². The van der Waals surface area contributed by atoms with Gasteiger partial charge in [-0.1, -0.05) is 0 Å². The van der Waals surface area contributed by atoms with E-state index in [2.05, 4.69) is 20.6 Å². The van der Waals surface area contributed by atoms with Crippen LogP contribution in [0.25, 0.3) is 0 Å². The van der Waals surface area contributed by atoms with Crippen LogP contribution in [0.3, 0.4) is 0 Å². The molecule has 3 N–H and O–H groups in total. The third-order valence-corrected chi connectivity index (χ3v) is 2.84. The van der Waals surface area contributed by atoms with Crippen LogP contribution in [0.5, 0.6) is 0 Å². The number of rotatable bonds is 2. The number of nitrogens with one attached hydrogen (secondary N) is 3. The minimum atomic E-state index is 0.579. The quantitative estimate of drug-likeness (QED) is 0.642. The molecule has 0 bridgehead atoms. The Morgan fingerprint density at radius 3 is 3.00 bits per heavy atom. The number of aromatic amines is 1. The molecule has 1 aromatic rings. The van der Waals surface area contributed by atoms with Crippen molar-refractivity contribution in [1.82, 2.24) is 15.3 Å². The summed E-state index contributed by atoms with van der Waals surface area (Å²) in [7, 11) is 0. The Balaban J connectivity index is 2.03. The Morgan fingerprint density at radius 2 is 2.21 bits per heavy atom. The molecule has 3 rings (SSSR count). The molecular formula is C9H12N4S. The number of hydrogen-bond acceptors (Lipinski definition) is 4. The van der Waals surface area contributed by atoms with Gasteiger partial charge in [0.2, 0.25) is 0 Å². The summed E-state index contributed by atoms with van der Waals surface area (Å²) in [5.74, 6) is 0.983. The first-order valence-electron chi connectivity index (χ1n) is 4.92. The molecule has 1 fully saturated rings. The lowest BCUT2D eigenvalue weighted by Gasteiger charge is -2.08. The third kappa shape index (κ3) is 1.42. The van der Waals surface area contributed by atoms with Crippen molar-refractivity contribution in [3.8, 4) is 0 Å². The molecule has 0 aromatic carbocycles. The number of hydrogen-bond donors (Lipinski definition) is 3. The summed E-state index contributed by atoms with van der Waals surface area (Å²) in [5, 5.41) is 6.71. The molecule has 0 unspecified atom stereocenters. The Kier molecular flexibility index (Phi) is 1.81. The summed E-state index contributed by atoms with van der Waals surface area (Å²) < 4.78 is 0.579. The lowest BCUT2D eigenvalue weighted by molar-refractivity contribution is 0.757. The number of anilines is 1. The number of fused-ring (bicyclic) bond motifs is 1. The van der Waals surface area contributed by atoms with Crippen molar-refractivity contribution >= 4 is 18.0 Å². The van der Waals surface area contributed by atoms with Crippen molar-refractivity contribution in [3.05, 3.63) is 16.0 Å². The first-order chi connectivity index (χ1) is 6.83. The van der Waals surface area contributed by atoms with E-state index in [1.54, 1.807) is 0 Å². The second-order valence-electron chi connectivity index (χ2n) is 3.87. The highest BCUT2D eigenvalue weighted by atomic mass is 32.1. The fraction of sp³-hybridized carbons (Fsp3) is 0.556. The zero-order chi connectivity index (χ0) is 9.54. The topological polar surface area (TPSA) is 52.7 Å². The van der Waals surface area contributed by atoms with Gasteiger partial charge < -0.3 is 15.6 Å². The largest absolute Gasteiger partial charge is 0.367 e. The van der Waals surface area contributed by atoms with Gasteiger partial charge in [-0.05, 0) is 25.1 Å². The van der Waals surface area contributed by atoms with Crippen LogP contribution < -0.4 is 10.6 Å². The second-order valence-corrected chi connectivity index (χ2v) is 4.26.